The second-order valence-corrected chi connectivity index (χ2v) is 6.52. The van der Waals surface area contributed by atoms with Crippen molar-refractivity contribution in [3.05, 3.63) is 23.4 Å². The Morgan fingerprint density at radius 2 is 2.06 bits per heavy atom. The van der Waals surface area contributed by atoms with Gasteiger partial charge in [-0.25, -0.2) is 9.78 Å². The molecule has 0 bridgehead atoms. The van der Waals surface area contributed by atoms with Gasteiger partial charge in [-0.05, 0) is 37.1 Å². The van der Waals surface area contributed by atoms with Gasteiger partial charge in [-0.15, -0.1) is 10.2 Å². The minimum absolute atomic E-state index is 0.187. The highest BCUT2D eigenvalue weighted by Crippen LogP contribution is 2.33. The number of hydrogen-bond acceptors (Lipinski definition) is 7. The van der Waals surface area contributed by atoms with Crippen LogP contribution in [0.3, 0.4) is 0 Å². The van der Waals surface area contributed by atoms with E-state index in [0.29, 0.717) is 9.37 Å². The lowest BCUT2D eigenvalue weighted by Crippen LogP contribution is -2.01. The minimum atomic E-state index is -0.986. The molecule has 18 heavy (non-hydrogen) atoms. The Bertz CT molecular complexity index is 585. The second-order valence-electron chi connectivity index (χ2n) is 3.25. The van der Waals surface area contributed by atoms with Crippen LogP contribution >= 0.6 is 34.9 Å². The van der Waals surface area contributed by atoms with Gasteiger partial charge in [0.15, 0.2) is 8.68 Å². The first-order valence-corrected chi connectivity index (χ1v) is 7.72. The second kappa shape index (κ2) is 5.68. The van der Waals surface area contributed by atoms with Crippen LogP contribution in [-0.2, 0) is 0 Å². The molecule has 2 aromatic heterocycles. The molecular formula is C10H9N3O2S3. The smallest absolute Gasteiger partial charge is 0.338 e. The molecule has 0 aromatic carbocycles. The Morgan fingerprint density at radius 1 is 1.33 bits per heavy atom. The predicted octanol–water partition coefficient (Wildman–Crippen LogP) is 2.81. The van der Waals surface area contributed by atoms with Crippen LogP contribution in [0.4, 0.5) is 0 Å². The van der Waals surface area contributed by atoms with Crippen LogP contribution in [0, 0.1) is 6.92 Å². The summed E-state index contributed by atoms with van der Waals surface area (Å²) >= 11 is 4.17. The van der Waals surface area contributed by atoms with Crippen LogP contribution in [0.2, 0.25) is 0 Å². The van der Waals surface area contributed by atoms with Gasteiger partial charge in [-0.2, -0.15) is 0 Å². The number of carboxylic acid groups (broad SMARTS) is 1. The summed E-state index contributed by atoms with van der Waals surface area (Å²) in [6.45, 7) is 1.82. The minimum Gasteiger partial charge on any atom is -0.478 e. The zero-order valence-corrected chi connectivity index (χ0v) is 12.0. The van der Waals surface area contributed by atoms with Crippen molar-refractivity contribution in [1.29, 1.82) is 0 Å². The zero-order valence-electron chi connectivity index (χ0n) is 9.58. The number of carbonyl (C=O) groups is 1. The van der Waals surface area contributed by atoms with Gasteiger partial charge in [0.05, 0.1) is 5.56 Å². The molecule has 0 atom stereocenters. The third kappa shape index (κ3) is 3.01. The van der Waals surface area contributed by atoms with Crippen LogP contribution in [0.5, 0.6) is 0 Å². The Morgan fingerprint density at radius 3 is 2.67 bits per heavy atom. The fourth-order valence-corrected chi connectivity index (χ4v) is 3.68. The number of aryl methyl sites for hydroxylation is 1. The molecule has 2 aromatic rings. The van der Waals surface area contributed by atoms with Gasteiger partial charge in [-0.3, -0.25) is 0 Å². The first kappa shape index (κ1) is 13.3. The van der Waals surface area contributed by atoms with E-state index in [2.05, 4.69) is 15.2 Å². The van der Waals surface area contributed by atoms with Crippen molar-refractivity contribution < 1.29 is 9.90 Å². The topological polar surface area (TPSA) is 76.0 Å². The van der Waals surface area contributed by atoms with Crippen molar-refractivity contribution in [3.8, 4) is 0 Å². The number of thioether (sulfide) groups is 1. The number of carboxylic acids is 1. The fourth-order valence-electron chi connectivity index (χ4n) is 1.18. The predicted molar refractivity (Wildman–Crippen MR) is 71.7 cm³/mol. The highest BCUT2D eigenvalue weighted by molar-refractivity contribution is 8.03. The van der Waals surface area contributed by atoms with E-state index < -0.39 is 5.97 Å². The summed E-state index contributed by atoms with van der Waals surface area (Å²) in [6, 6.07) is 3.24. The molecule has 0 aliphatic rings. The van der Waals surface area contributed by atoms with E-state index in [1.807, 2.05) is 13.2 Å². The fraction of sp³-hybridized carbons (Fsp3) is 0.200. The van der Waals surface area contributed by atoms with Crippen LogP contribution in [0.1, 0.15) is 16.1 Å². The number of nitrogens with zero attached hydrogens (tertiary/aromatic N) is 3. The van der Waals surface area contributed by atoms with Gasteiger partial charge in [0, 0.05) is 5.69 Å². The van der Waals surface area contributed by atoms with Crippen LogP contribution in [0.15, 0.2) is 25.8 Å². The Balaban J connectivity index is 2.32. The molecule has 0 amide bonds. The maximum Gasteiger partial charge on any atom is 0.338 e. The third-order valence-electron chi connectivity index (χ3n) is 1.98. The highest BCUT2D eigenvalue weighted by Gasteiger charge is 2.15. The highest BCUT2D eigenvalue weighted by atomic mass is 32.2. The van der Waals surface area contributed by atoms with Crippen molar-refractivity contribution in [1.82, 2.24) is 15.2 Å². The van der Waals surface area contributed by atoms with Gasteiger partial charge >= 0.3 is 5.97 Å². The molecule has 0 saturated heterocycles. The summed E-state index contributed by atoms with van der Waals surface area (Å²) in [5, 5.41) is 17.5. The van der Waals surface area contributed by atoms with Crippen molar-refractivity contribution >= 4 is 40.8 Å². The van der Waals surface area contributed by atoms with Crippen molar-refractivity contribution in [3.63, 3.8) is 0 Å². The summed E-state index contributed by atoms with van der Waals surface area (Å²) < 4.78 is 1.54. The van der Waals surface area contributed by atoms with Crippen LogP contribution in [-0.4, -0.2) is 32.5 Å². The lowest BCUT2D eigenvalue weighted by Gasteiger charge is -2.03. The lowest BCUT2D eigenvalue weighted by atomic mass is 10.2. The molecule has 5 nitrogen and oxygen atoms in total. The third-order valence-corrected chi connectivity index (χ3v) is 4.93. The number of hydrogen-bond donors (Lipinski definition) is 1. The molecular weight excluding hydrogens is 290 g/mol. The largest absolute Gasteiger partial charge is 0.478 e. The Kier molecular flexibility index (Phi) is 4.20. The van der Waals surface area contributed by atoms with Gasteiger partial charge in [0.2, 0.25) is 0 Å². The van der Waals surface area contributed by atoms with E-state index in [-0.39, 0.29) is 5.56 Å². The summed E-state index contributed by atoms with van der Waals surface area (Å²) in [5.74, 6) is -0.986. The maximum atomic E-state index is 11.1. The summed E-state index contributed by atoms with van der Waals surface area (Å²) in [6.07, 6.45) is 1.92. The summed E-state index contributed by atoms with van der Waals surface area (Å²) in [4.78, 5) is 15.3. The number of rotatable bonds is 4. The summed E-state index contributed by atoms with van der Waals surface area (Å²) in [7, 11) is 0. The van der Waals surface area contributed by atoms with Crippen molar-refractivity contribution in [2.75, 3.05) is 6.26 Å². The molecule has 0 saturated carbocycles. The monoisotopic (exact) mass is 299 g/mol. The van der Waals surface area contributed by atoms with Gasteiger partial charge in [0.1, 0.15) is 5.03 Å². The average molecular weight is 299 g/mol. The first-order valence-electron chi connectivity index (χ1n) is 4.86. The normalized spacial score (nSPS) is 10.6. The molecule has 0 radical (unpaired) electrons. The van der Waals surface area contributed by atoms with E-state index in [1.165, 1.54) is 34.9 Å². The molecule has 8 heteroatoms. The molecule has 0 aliphatic carbocycles. The maximum absolute atomic E-state index is 11.1. The van der Waals surface area contributed by atoms with Gasteiger partial charge in [0.25, 0.3) is 0 Å². The van der Waals surface area contributed by atoms with E-state index in [1.54, 1.807) is 12.1 Å². The number of aromatic nitrogens is 3. The van der Waals surface area contributed by atoms with Gasteiger partial charge < -0.3 is 5.11 Å². The number of aromatic carboxylic acids is 1. The SMILES string of the molecule is CSc1nnc(Sc2nc(C)ccc2C(=O)O)s1. The zero-order chi connectivity index (χ0) is 13.1. The molecule has 2 rings (SSSR count). The Labute approximate surface area is 116 Å². The molecule has 0 spiro atoms. The van der Waals surface area contributed by atoms with E-state index in [9.17, 15) is 4.79 Å². The van der Waals surface area contributed by atoms with E-state index >= 15 is 0 Å². The van der Waals surface area contributed by atoms with E-state index in [0.717, 1.165) is 10.0 Å². The standard InChI is InChI=1S/C10H9N3O2S3/c1-5-3-4-6(8(14)15)7(11-5)17-10-13-12-9(16-2)18-10/h3-4H,1-2H3,(H,14,15). The van der Waals surface area contributed by atoms with Crippen molar-refractivity contribution in [2.24, 2.45) is 0 Å². The molecule has 2 heterocycles. The lowest BCUT2D eigenvalue weighted by molar-refractivity contribution is 0.0692. The molecule has 0 aliphatic heterocycles. The molecule has 94 valence electrons. The van der Waals surface area contributed by atoms with Gasteiger partial charge in [-0.1, -0.05) is 23.1 Å². The number of pyridine rings is 1. The molecule has 0 fully saturated rings. The molecule has 0 unspecified atom stereocenters. The van der Waals surface area contributed by atoms with Crippen LogP contribution < -0.4 is 0 Å². The van der Waals surface area contributed by atoms with Crippen molar-refractivity contribution in [2.45, 2.75) is 20.6 Å². The average Bonchev–Trinajstić information content (AvgIpc) is 2.76. The first-order chi connectivity index (χ1) is 8.60. The Hall–Kier alpha value is -1.12. The summed E-state index contributed by atoms with van der Waals surface area (Å²) in [5.41, 5.74) is 0.962. The van der Waals surface area contributed by atoms with E-state index in [4.69, 9.17) is 5.11 Å². The van der Waals surface area contributed by atoms with Crippen LogP contribution in [0.25, 0.3) is 0 Å². The molecule has 1 N–H and O–H groups in total. The quantitative estimate of drug-likeness (QED) is 0.870.